The van der Waals surface area contributed by atoms with Gasteiger partial charge in [-0.05, 0) is 55.4 Å². The van der Waals surface area contributed by atoms with E-state index >= 15 is 8.78 Å². The molecule has 0 unspecified atom stereocenters. The van der Waals surface area contributed by atoms with Gasteiger partial charge in [-0.1, -0.05) is 13.0 Å². The number of hydrogen-bond donors (Lipinski definition) is 1. The Hall–Kier alpha value is -3.18. The van der Waals surface area contributed by atoms with E-state index in [1.54, 1.807) is 0 Å². The van der Waals surface area contributed by atoms with E-state index in [4.69, 9.17) is 14.5 Å². The summed E-state index contributed by atoms with van der Waals surface area (Å²) >= 11 is 0. The van der Waals surface area contributed by atoms with Crippen molar-refractivity contribution in [3.63, 3.8) is 0 Å². The number of aromatic nitrogens is 3. The molecule has 40 heavy (non-hydrogen) atoms. The lowest BCUT2D eigenvalue weighted by molar-refractivity contribution is -0.0794. The standard InChI is InChI=1S/C29H35F3N6O2/c1-16(6-8-30)21-11-19-10-18(4-5-24(19)33-17(21)2)26-23(32)13-38-27(26)28(39-3)35-29(36-38)34-25-7-9-37(12-22(25)31)20-14-40-15-20/h4-5,10,13,16,20-22,25H,6-9,11-12,14-15H2,1-3H3,(H,34,36)/t16-,21-,22-,25+/m1/s1. The fraction of sp³-hybridized carbons (Fsp3) is 0.552. The molecule has 4 atom stereocenters. The minimum atomic E-state index is -1.10. The van der Waals surface area contributed by atoms with Gasteiger partial charge in [0.25, 0.3) is 0 Å². The Morgan fingerprint density at radius 1 is 1.27 bits per heavy atom. The highest BCUT2D eigenvalue weighted by Crippen LogP contribution is 2.39. The Balaban J connectivity index is 1.28. The van der Waals surface area contributed by atoms with E-state index in [1.807, 2.05) is 32.0 Å². The van der Waals surface area contributed by atoms with Crippen molar-refractivity contribution in [2.75, 3.05) is 45.4 Å². The first-order valence-corrected chi connectivity index (χ1v) is 14.0. The lowest BCUT2D eigenvalue weighted by Crippen LogP contribution is -2.57. The zero-order chi connectivity index (χ0) is 28.0. The van der Waals surface area contributed by atoms with Crippen LogP contribution in [0.3, 0.4) is 0 Å². The van der Waals surface area contributed by atoms with Crippen molar-refractivity contribution < 1.29 is 22.6 Å². The normalized spacial score (nSPS) is 24.4. The van der Waals surface area contributed by atoms with Crippen LogP contribution < -0.4 is 10.1 Å². The maximum atomic E-state index is 15.5. The number of halogens is 3. The van der Waals surface area contributed by atoms with Crippen molar-refractivity contribution in [3.05, 3.63) is 35.8 Å². The van der Waals surface area contributed by atoms with Crippen LogP contribution in [0.2, 0.25) is 0 Å². The first kappa shape index (κ1) is 27.0. The van der Waals surface area contributed by atoms with Gasteiger partial charge in [0.1, 0.15) is 11.7 Å². The lowest BCUT2D eigenvalue weighted by atomic mass is 9.80. The van der Waals surface area contributed by atoms with Crippen molar-refractivity contribution in [1.29, 1.82) is 0 Å². The Labute approximate surface area is 231 Å². The molecular weight excluding hydrogens is 521 g/mol. The molecule has 214 valence electrons. The Morgan fingerprint density at radius 2 is 2.10 bits per heavy atom. The molecule has 3 aromatic rings. The molecular formula is C29H35F3N6O2. The third kappa shape index (κ3) is 4.94. The van der Waals surface area contributed by atoms with E-state index in [2.05, 4.69) is 20.3 Å². The number of hydrogen-bond acceptors (Lipinski definition) is 7. The van der Waals surface area contributed by atoms with E-state index in [0.29, 0.717) is 55.7 Å². The number of piperidine rings is 1. The smallest absolute Gasteiger partial charge is 0.244 e. The maximum absolute atomic E-state index is 15.5. The first-order chi connectivity index (χ1) is 19.4. The van der Waals surface area contributed by atoms with Crippen LogP contribution in [0.4, 0.5) is 24.8 Å². The van der Waals surface area contributed by atoms with Crippen LogP contribution in [-0.4, -0.2) is 83.6 Å². The van der Waals surface area contributed by atoms with Crippen molar-refractivity contribution in [2.24, 2.45) is 16.8 Å². The van der Waals surface area contributed by atoms with Crippen LogP contribution in [0.25, 0.3) is 16.6 Å². The summed E-state index contributed by atoms with van der Waals surface area (Å²) < 4.78 is 55.8. The van der Waals surface area contributed by atoms with Gasteiger partial charge in [-0.15, -0.1) is 5.10 Å². The van der Waals surface area contributed by atoms with Crippen LogP contribution in [0.1, 0.15) is 32.3 Å². The summed E-state index contributed by atoms with van der Waals surface area (Å²) in [6.45, 7) is 6.05. The summed E-state index contributed by atoms with van der Waals surface area (Å²) in [7, 11) is 1.47. The van der Waals surface area contributed by atoms with Crippen LogP contribution >= 0.6 is 0 Å². The van der Waals surface area contributed by atoms with Crippen molar-refractivity contribution >= 4 is 22.9 Å². The van der Waals surface area contributed by atoms with Crippen molar-refractivity contribution in [1.82, 2.24) is 19.5 Å². The largest absolute Gasteiger partial charge is 0.479 e. The molecule has 1 aromatic carbocycles. The molecule has 2 fully saturated rings. The van der Waals surface area contributed by atoms with E-state index < -0.39 is 18.0 Å². The van der Waals surface area contributed by atoms with Gasteiger partial charge in [0.15, 0.2) is 5.82 Å². The molecule has 3 aliphatic heterocycles. The number of ether oxygens (including phenoxy) is 2. The Bertz CT molecular complexity index is 1420. The monoisotopic (exact) mass is 556 g/mol. The SMILES string of the molecule is COc1nc(N[C@H]2CCN(C3COC3)C[C@H]2F)nn2cc(F)c(-c3ccc4c(c3)C[C@H]([C@H](C)CCF)C(C)=N4)c12. The predicted octanol–water partition coefficient (Wildman–Crippen LogP) is 5.03. The van der Waals surface area contributed by atoms with E-state index in [9.17, 15) is 4.39 Å². The number of methoxy groups -OCH3 is 1. The minimum absolute atomic E-state index is 0.133. The van der Waals surface area contributed by atoms with Gasteiger partial charge < -0.3 is 14.8 Å². The van der Waals surface area contributed by atoms with Crippen molar-refractivity contribution in [2.45, 2.75) is 51.4 Å². The first-order valence-electron chi connectivity index (χ1n) is 14.0. The maximum Gasteiger partial charge on any atom is 0.244 e. The number of alkyl halides is 2. The molecule has 1 N–H and O–H groups in total. The highest BCUT2D eigenvalue weighted by molar-refractivity contribution is 5.91. The Morgan fingerprint density at radius 3 is 2.80 bits per heavy atom. The van der Waals surface area contributed by atoms with E-state index in [0.717, 1.165) is 23.5 Å². The number of benzene rings is 1. The molecule has 2 saturated heterocycles. The molecule has 5 heterocycles. The predicted molar refractivity (Wildman–Crippen MR) is 148 cm³/mol. The summed E-state index contributed by atoms with van der Waals surface area (Å²) in [5.41, 5.74) is 4.20. The molecule has 0 bridgehead atoms. The van der Waals surface area contributed by atoms with Crippen LogP contribution in [0, 0.1) is 17.7 Å². The number of anilines is 1. The molecule has 11 heteroatoms. The van der Waals surface area contributed by atoms with Gasteiger partial charge in [-0.2, -0.15) is 4.98 Å². The number of nitrogens with one attached hydrogen (secondary N) is 1. The minimum Gasteiger partial charge on any atom is -0.479 e. The van der Waals surface area contributed by atoms with Crippen molar-refractivity contribution in [3.8, 4) is 17.0 Å². The van der Waals surface area contributed by atoms with Gasteiger partial charge in [0, 0.05) is 24.7 Å². The fourth-order valence-electron chi connectivity index (χ4n) is 6.18. The highest BCUT2D eigenvalue weighted by atomic mass is 19.1. The van der Waals surface area contributed by atoms with Gasteiger partial charge in [0.05, 0.1) is 56.5 Å². The fourth-order valence-corrected chi connectivity index (χ4v) is 6.18. The number of nitrogens with zero attached hydrogens (tertiary/aromatic N) is 5. The molecule has 6 rings (SSSR count). The molecule has 2 aromatic heterocycles. The van der Waals surface area contributed by atoms with E-state index in [1.165, 1.54) is 17.8 Å². The van der Waals surface area contributed by atoms with Crippen LogP contribution in [0.5, 0.6) is 5.88 Å². The van der Waals surface area contributed by atoms with Crippen LogP contribution in [0.15, 0.2) is 29.4 Å². The summed E-state index contributed by atoms with van der Waals surface area (Å²) in [6, 6.07) is 5.49. The quantitative estimate of drug-likeness (QED) is 0.420. The third-order valence-corrected chi connectivity index (χ3v) is 8.66. The molecule has 0 spiro atoms. The molecule has 0 saturated carbocycles. The van der Waals surface area contributed by atoms with Gasteiger partial charge >= 0.3 is 0 Å². The van der Waals surface area contributed by atoms with Gasteiger partial charge in [0.2, 0.25) is 11.8 Å². The third-order valence-electron chi connectivity index (χ3n) is 8.66. The zero-order valence-electron chi connectivity index (χ0n) is 23.0. The van der Waals surface area contributed by atoms with E-state index in [-0.39, 0.29) is 36.4 Å². The number of fused-ring (bicyclic) bond motifs is 2. The average Bonchev–Trinajstić information content (AvgIpc) is 3.23. The van der Waals surface area contributed by atoms with Gasteiger partial charge in [-0.25, -0.2) is 13.3 Å². The lowest BCUT2D eigenvalue weighted by Gasteiger charge is -2.42. The second-order valence-electron chi connectivity index (χ2n) is 11.2. The summed E-state index contributed by atoms with van der Waals surface area (Å²) in [6.07, 6.45) is 1.98. The second-order valence-corrected chi connectivity index (χ2v) is 11.2. The molecule has 0 amide bonds. The number of likely N-dealkylation sites (tertiary alicyclic amines) is 1. The summed E-state index contributed by atoms with van der Waals surface area (Å²) in [4.78, 5) is 11.4. The van der Waals surface area contributed by atoms with Crippen LogP contribution in [-0.2, 0) is 11.2 Å². The summed E-state index contributed by atoms with van der Waals surface area (Å²) in [5.74, 6) is 0.187. The number of aliphatic imine (C=N–C) groups is 1. The topological polar surface area (TPSA) is 76.3 Å². The Kier molecular flexibility index (Phi) is 7.43. The average molecular weight is 557 g/mol. The molecule has 0 radical (unpaired) electrons. The number of rotatable bonds is 8. The molecule has 0 aliphatic carbocycles. The summed E-state index contributed by atoms with van der Waals surface area (Å²) in [5, 5.41) is 7.58. The zero-order valence-corrected chi connectivity index (χ0v) is 23.0. The highest BCUT2D eigenvalue weighted by Gasteiger charge is 2.36. The molecule has 3 aliphatic rings. The molecule has 8 nitrogen and oxygen atoms in total. The second kappa shape index (κ2) is 11.0. The van der Waals surface area contributed by atoms with Gasteiger partial charge in [-0.3, -0.25) is 14.3 Å².